The molecule has 0 spiro atoms. The van der Waals surface area contributed by atoms with E-state index in [-0.39, 0.29) is 28.7 Å². The lowest BCUT2D eigenvalue weighted by molar-refractivity contribution is 0.0892. The second kappa shape index (κ2) is 8.10. The van der Waals surface area contributed by atoms with Crippen LogP contribution in [0.25, 0.3) is 0 Å². The summed E-state index contributed by atoms with van der Waals surface area (Å²) >= 11 is 0. The molecule has 1 amide bonds. The number of hydrogen-bond donors (Lipinski definition) is 2. The van der Waals surface area contributed by atoms with Crippen LogP contribution in [-0.2, 0) is 14.6 Å². The lowest BCUT2D eigenvalue weighted by Crippen LogP contribution is -2.53. The summed E-state index contributed by atoms with van der Waals surface area (Å²) in [5.41, 5.74) is 0.231. The van der Waals surface area contributed by atoms with E-state index in [1.54, 1.807) is 7.11 Å². The van der Waals surface area contributed by atoms with Gasteiger partial charge in [-0.2, -0.15) is 0 Å². The molecule has 1 heterocycles. The van der Waals surface area contributed by atoms with Crippen molar-refractivity contribution >= 4 is 28.2 Å². The van der Waals surface area contributed by atoms with Crippen LogP contribution < -0.4 is 10.6 Å². The van der Waals surface area contributed by atoms with Gasteiger partial charge in [0.1, 0.15) is 0 Å². The molecule has 130 valence electrons. The van der Waals surface area contributed by atoms with Crippen LogP contribution in [0.15, 0.2) is 29.2 Å². The first-order valence-electron chi connectivity index (χ1n) is 7.19. The summed E-state index contributed by atoms with van der Waals surface area (Å²) in [4.78, 5) is 12.4. The molecule has 2 N–H and O–H groups in total. The van der Waals surface area contributed by atoms with Crippen LogP contribution in [0.3, 0.4) is 0 Å². The number of rotatable bonds is 6. The Kier molecular flexibility index (Phi) is 7.01. The minimum Gasteiger partial charge on any atom is -0.383 e. The molecule has 1 fully saturated rings. The summed E-state index contributed by atoms with van der Waals surface area (Å²) in [7, 11) is -1.60. The van der Waals surface area contributed by atoms with Gasteiger partial charge in [-0.15, -0.1) is 12.4 Å². The number of carbonyl (C=O) groups is 1. The van der Waals surface area contributed by atoms with Gasteiger partial charge in [-0.25, -0.2) is 8.42 Å². The molecule has 0 bridgehead atoms. The van der Waals surface area contributed by atoms with Crippen LogP contribution >= 0.6 is 12.4 Å². The maximum Gasteiger partial charge on any atom is 0.251 e. The molecule has 1 aliphatic heterocycles. The zero-order chi connectivity index (χ0) is 16.2. The zero-order valence-electron chi connectivity index (χ0n) is 13.3. The highest BCUT2D eigenvalue weighted by Crippen LogP contribution is 2.19. The van der Waals surface area contributed by atoms with Gasteiger partial charge < -0.3 is 15.4 Å². The van der Waals surface area contributed by atoms with E-state index >= 15 is 0 Å². The van der Waals surface area contributed by atoms with Gasteiger partial charge in [-0.3, -0.25) is 4.79 Å². The van der Waals surface area contributed by atoms with Crippen molar-refractivity contribution in [2.24, 2.45) is 0 Å². The fraction of sp³-hybridized carbons (Fsp3) is 0.533. The standard InChI is InChI=1S/C15H22N2O4S.ClH/c1-21-11-15(8-3-9-17-15)10-16-14(18)12-4-6-13(7-5-12)22(2,19)20;/h4-7,17H,3,8-11H2,1-2H3,(H,16,18);1H. The Hall–Kier alpha value is -1.15. The molecular formula is C15H23ClN2O4S. The summed E-state index contributed by atoms with van der Waals surface area (Å²) in [6, 6.07) is 5.94. The predicted molar refractivity (Wildman–Crippen MR) is 91.0 cm³/mol. The lowest BCUT2D eigenvalue weighted by Gasteiger charge is -2.28. The van der Waals surface area contributed by atoms with Crippen molar-refractivity contribution in [2.75, 3.05) is 33.1 Å². The number of benzene rings is 1. The Morgan fingerprint density at radius 2 is 2.00 bits per heavy atom. The molecule has 2 rings (SSSR count). The van der Waals surface area contributed by atoms with Gasteiger partial charge in [-0.1, -0.05) is 0 Å². The molecule has 1 saturated heterocycles. The van der Waals surface area contributed by atoms with Gasteiger partial charge in [0.05, 0.1) is 17.0 Å². The molecule has 0 aliphatic carbocycles. The predicted octanol–water partition coefficient (Wildman–Crippen LogP) is 1.01. The van der Waals surface area contributed by atoms with Gasteiger partial charge in [0.2, 0.25) is 0 Å². The second-order valence-electron chi connectivity index (χ2n) is 5.72. The highest BCUT2D eigenvalue weighted by Gasteiger charge is 2.33. The summed E-state index contributed by atoms with van der Waals surface area (Å²) in [5.74, 6) is -0.218. The van der Waals surface area contributed by atoms with Crippen LogP contribution in [-0.4, -0.2) is 52.9 Å². The highest BCUT2D eigenvalue weighted by molar-refractivity contribution is 7.90. The number of halogens is 1. The molecule has 6 nitrogen and oxygen atoms in total. The van der Waals surface area contributed by atoms with E-state index in [0.29, 0.717) is 18.7 Å². The van der Waals surface area contributed by atoms with Crippen molar-refractivity contribution in [1.82, 2.24) is 10.6 Å². The van der Waals surface area contributed by atoms with Gasteiger partial charge >= 0.3 is 0 Å². The highest BCUT2D eigenvalue weighted by atomic mass is 35.5. The molecule has 1 aromatic carbocycles. The van der Waals surface area contributed by atoms with Gasteiger partial charge in [0, 0.05) is 25.5 Å². The summed E-state index contributed by atoms with van der Waals surface area (Å²) in [6.45, 7) is 1.94. The van der Waals surface area contributed by atoms with E-state index in [0.717, 1.165) is 25.6 Å². The third-order valence-electron chi connectivity index (χ3n) is 3.88. The SMILES string of the molecule is COCC1(CNC(=O)c2ccc(S(C)(=O)=O)cc2)CCCN1.Cl. The van der Waals surface area contributed by atoms with Crippen molar-refractivity contribution in [3.05, 3.63) is 29.8 Å². The average Bonchev–Trinajstić information content (AvgIpc) is 2.93. The molecule has 8 heteroatoms. The van der Waals surface area contributed by atoms with Crippen LogP contribution in [0.1, 0.15) is 23.2 Å². The molecule has 23 heavy (non-hydrogen) atoms. The fourth-order valence-electron chi connectivity index (χ4n) is 2.68. The first-order valence-corrected chi connectivity index (χ1v) is 9.08. The third kappa shape index (κ3) is 5.17. The van der Waals surface area contributed by atoms with Crippen LogP contribution in [0, 0.1) is 0 Å². The normalized spacial score (nSPS) is 20.8. The Labute approximate surface area is 143 Å². The second-order valence-corrected chi connectivity index (χ2v) is 7.74. The fourth-order valence-corrected chi connectivity index (χ4v) is 3.31. The summed E-state index contributed by atoms with van der Waals surface area (Å²) < 4.78 is 28.0. The lowest BCUT2D eigenvalue weighted by atomic mass is 9.98. The van der Waals surface area contributed by atoms with Gasteiger partial charge in [0.25, 0.3) is 5.91 Å². The van der Waals surface area contributed by atoms with E-state index in [4.69, 9.17) is 4.74 Å². The number of ether oxygens (including phenoxy) is 1. The number of sulfone groups is 1. The molecule has 1 aliphatic rings. The molecule has 0 aromatic heterocycles. The van der Waals surface area contributed by atoms with Crippen LogP contribution in [0.5, 0.6) is 0 Å². The summed E-state index contributed by atoms with van der Waals surface area (Å²) in [6.07, 6.45) is 3.15. The topological polar surface area (TPSA) is 84.5 Å². The van der Waals surface area contributed by atoms with E-state index < -0.39 is 9.84 Å². The van der Waals surface area contributed by atoms with E-state index in [1.165, 1.54) is 24.3 Å². The average molecular weight is 363 g/mol. The monoisotopic (exact) mass is 362 g/mol. The van der Waals surface area contributed by atoms with Crippen molar-refractivity contribution < 1.29 is 17.9 Å². The quantitative estimate of drug-likeness (QED) is 0.789. The Bertz CT molecular complexity index is 625. The maximum absolute atomic E-state index is 12.2. The number of carbonyl (C=O) groups excluding carboxylic acids is 1. The number of amides is 1. The van der Waals surface area contributed by atoms with E-state index in [1.807, 2.05) is 0 Å². The Morgan fingerprint density at radius 1 is 1.35 bits per heavy atom. The smallest absolute Gasteiger partial charge is 0.251 e. The van der Waals surface area contributed by atoms with Crippen molar-refractivity contribution in [3.63, 3.8) is 0 Å². The Balaban J connectivity index is 0.00000264. The van der Waals surface area contributed by atoms with Gasteiger partial charge in [0.15, 0.2) is 9.84 Å². The molecular weight excluding hydrogens is 340 g/mol. The van der Waals surface area contributed by atoms with E-state index in [2.05, 4.69) is 10.6 Å². The number of nitrogens with one attached hydrogen (secondary N) is 2. The first-order chi connectivity index (χ1) is 10.4. The number of methoxy groups -OCH3 is 1. The van der Waals surface area contributed by atoms with Crippen molar-refractivity contribution in [3.8, 4) is 0 Å². The first kappa shape index (κ1) is 19.9. The van der Waals surface area contributed by atoms with Crippen LogP contribution in [0.4, 0.5) is 0 Å². The third-order valence-corrected chi connectivity index (χ3v) is 5.01. The molecule has 1 aromatic rings. The largest absolute Gasteiger partial charge is 0.383 e. The van der Waals surface area contributed by atoms with Crippen molar-refractivity contribution in [1.29, 1.82) is 0 Å². The van der Waals surface area contributed by atoms with Crippen molar-refractivity contribution in [2.45, 2.75) is 23.3 Å². The minimum atomic E-state index is -3.25. The number of hydrogen-bond acceptors (Lipinski definition) is 5. The van der Waals surface area contributed by atoms with Gasteiger partial charge in [-0.05, 0) is 43.7 Å². The minimum absolute atomic E-state index is 0. The molecule has 0 saturated carbocycles. The zero-order valence-corrected chi connectivity index (χ0v) is 14.9. The summed E-state index contributed by atoms with van der Waals surface area (Å²) in [5, 5.41) is 6.28. The van der Waals surface area contributed by atoms with E-state index in [9.17, 15) is 13.2 Å². The molecule has 0 radical (unpaired) electrons. The molecule has 1 unspecified atom stereocenters. The molecule has 1 atom stereocenters. The Morgan fingerprint density at radius 3 is 2.48 bits per heavy atom. The maximum atomic E-state index is 12.2. The van der Waals surface area contributed by atoms with Crippen LogP contribution in [0.2, 0.25) is 0 Å².